The number of nitrogens with two attached hydrogens (primary N) is 2. The number of hydrogen-bond acceptors (Lipinski definition) is 6. The second-order valence-corrected chi connectivity index (χ2v) is 5.78. The summed E-state index contributed by atoms with van der Waals surface area (Å²) in [6, 6.07) is 2.25. The molecule has 6 heteroatoms. The lowest BCUT2D eigenvalue weighted by molar-refractivity contribution is 0.0343. The van der Waals surface area contributed by atoms with Crippen molar-refractivity contribution >= 4 is 11.8 Å². The molecule has 1 heterocycles. The summed E-state index contributed by atoms with van der Waals surface area (Å²) in [7, 11) is 1.69. The Balaban J connectivity index is 2.05. The van der Waals surface area contributed by atoms with Crippen LogP contribution < -0.4 is 16.8 Å². The Morgan fingerprint density at radius 3 is 2.68 bits per heavy atom. The molecule has 1 aliphatic rings. The van der Waals surface area contributed by atoms with Gasteiger partial charge in [0.15, 0.2) is 0 Å². The van der Waals surface area contributed by atoms with Gasteiger partial charge in [-0.15, -0.1) is 0 Å². The molecule has 0 aromatic carbocycles. The van der Waals surface area contributed by atoms with Crippen molar-refractivity contribution in [2.45, 2.75) is 44.2 Å². The van der Waals surface area contributed by atoms with Gasteiger partial charge in [0, 0.05) is 31.7 Å². The van der Waals surface area contributed by atoms with Gasteiger partial charge in [-0.05, 0) is 26.7 Å². The summed E-state index contributed by atoms with van der Waals surface area (Å²) < 4.78 is 5.36. The van der Waals surface area contributed by atoms with Crippen LogP contribution in [-0.2, 0) is 4.74 Å². The third-order valence-corrected chi connectivity index (χ3v) is 3.60. The van der Waals surface area contributed by atoms with E-state index in [1.165, 1.54) is 0 Å². The molecule has 0 bridgehead atoms. The SMILES string of the molecule is COC(C)(C)CNc1cc(C2CC(N)C2)nc(N)n1. The summed E-state index contributed by atoms with van der Waals surface area (Å²) >= 11 is 0. The Hall–Kier alpha value is -1.40. The van der Waals surface area contributed by atoms with E-state index < -0.39 is 0 Å². The number of aromatic nitrogens is 2. The molecule has 2 rings (SSSR count). The topological polar surface area (TPSA) is 99.1 Å². The average molecular weight is 265 g/mol. The standard InChI is InChI=1S/C13H23N5O/c1-13(2,19-3)7-16-11-6-10(17-12(15)18-11)8-4-9(14)5-8/h6,8-9H,4-5,7,14H2,1-3H3,(H3,15,16,17,18). The normalized spacial score (nSPS) is 22.9. The zero-order valence-electron chi connectivity index (χ0n) is 11.8. The summed E-state index contributed by atoms with van der Waals surface area (Å²) in [4.78, 5) is 8.49. The molecular formula is C13H23N5O. The molecule has 0 spiro atoms. The third-order valence-electron chi connectivity index (χ3n) is 3.60. The molecule has 0 amide bonds. The predicted octanol–water partition coefficient (Wildman–Crippen LogP) is 1.10. The van der Waals surface area contributed by atoms with Gasteiger partial charge in [-0.2, -0.15) is 4.98 Å². The van der Waals surface area contributed by atoms with Crippen LogP contribution in [0.15, 0.2) is 6.07 Å². The monoisotopic (exact) mass is 265 g/mol. The largest absolute Gasteiger partial charge is 0.377 e. The van der Waals surface area contributed by atoms with Gasteiger partial charge in [0.2, 0.25) is 5.95 Å². The second-order valence-electron chi connectivity index (χ2n) is 5.78. The molecule has 5 N–H and O–H groups in total. The minimum atomic E-state index is -0.251. The first-order chi connectivity index (χ1) is 8.89. The molecule has 1 aliphatic carbocycles. The summed E-state index contributed by atoms with van der Waals surface area (Å²) in [5.74, 6) is 1.46. The fraction of sp³-hybridized carbons (Fsp3) is 0.692. The highest BCUT2D eigenvalue weighted by molar-refractivity contribution is 5.42. The van der Waals surface area contributed by atoms with Crippen LogP contribution in [0, 0.1) is 0 Å². The lowest BCUT2D eigenvalue weighted by atomic mass is 9.78. The highest BCUT2D eigenvalue weighted by atomic mass is 16.5. The quantitative estimate of drug-likeness (QED) is 0.737. The summed E-state index contributed by atoms with van der Waals surface area (Å²) in [5, 5.41) is 3.24. The van der Waals surface area contributed by atoms with Gasteiger partial charge in [0.05, 0.1) is 11.3 Å². The van der Waals surface area contributed by atoms with E-state index in [0.29, 0.717) is 24.5 Å². The predicted molar refractivity (Wildman–Crippen MR) is 76.0 cm³/mol. The zero-order valence-corrected chi connectivity index (χ0v) is 11.8. The summed E-state index contributed by atoms with van der Waals surface area (Å²) in [5.41, 5.74) is 12.3. The molecule has 0 unspecified atom stereocenters. The molecular weight excluding hydrogens is 242 g/mol. The zero-order chi connectivity index (χ0) is 14.0. The Morgan fingerprint density at radius 2 is 2.11 bits per heavy atom. The number of ether oxygens (including phenoxy) is 1. The number of nitrogen functional groups attached to an aromatic ring is 1. The molecule has 106 valence electrons. The van der Waals surface area contributed by atoms with E-state index in [9.17, 15) is 0 Å². The third kappa shape index (κ3) is 3.54. The van der Waals surface area contributed by atoms with E-state index in [-0.39, 0.29) is 5.60 Å². The number of methoxy groups -OCH3 is 1. The van der Waals surface area contributed by atoms with E-state index >= 15 is 0 Å². The second kappa shape index (κ2) is 5.30. The molecule has 0 aliphatic heterocycles. The number of rotatable bonds is 5. The molecule has 19 heavy (non-hydrogen) atoms. The molecule has 0 saturated heterocycles. The van der Waals surface area contributed by atoms with Crippen molar-refractivity contribution in [3.8, 4) is 0 Å². The Kier molecular flexibility index (Phi) is 3.91. The number of nitrogens with zero attached hydrogens (tertiary/aromatic N) is 2. The highest BCUT2D eigenvalue weighted by Gasteiger charge is 2.29. The van der Waals surface area contributed by atoms with Crippen LogP contribution in [0.3, 0.4) is 0 Å². The van der Waals surface area contributed by atoms with E-state index in [0.717, 1.165) is 24.4 Å². The average Bonchev–Trinajstić information content (AvgIpc) is 2.32. The van der Waals surface area contributed by atoms with Gasteiger partial charge in [-0.3, -0.25) is 0 Å². The van der Waals surface area contributed by atoms with E-state index in [4.69, 9.17) is 16.2 Å². The summed E-state index contributed by atoms with van der Waals surface area (Å²) in [6.07, 6.45) is 1.94. The first kappa shape index (κ1) is 14.0. The Morgan fingerprint density at radius 1 is 1.42 bits per heavy atom. The van der Waals surface area contributed by atoms with Crippen LogP contribution in [0.1, 0.15) is 38.3 Å². The van der Waals surface area contributed by atoms with E-state index in [2.05, 4.69) is 15.3 Å². The Bertz CT molecular complexity index is 443. The number of anilines is 2. The van der Waals surface area contributed by atoms with Crippen LogP contribution >= 0.6 is 0 Å². The van der Waals surface area contributed by atoms with Crippen molar-refractivity contribution < 1.29 is 4.74 Å². The first-order valence-corrected chi connectivity index (χ1v) is 6.58. The van der Waals surface area contributed by atoms with Crippen LogP contribution in [0.5, 0.6) is 0 Å². The maximum atomic E-state index is 5.81. The molecule has 1 fully saturated rings. The van der Waals surface area contributed by atoms with Crippen LogP contribution in [0.2, 0.25) is 0 Å². The van der Waals surface area contributed by atoms with Gasteiger partial charge in [0.25, 0.3) is 0 Å². The minimum Gasteiger partial charge on any atom is -0.377 e. The van der Waals surface area contributed by atoms with E-state index in [1.54, 1.807) is 7.11 Å². The van der Waals surface area contributed by atoms with Crippen molar-refractivity contribution in [1.82, 2.24) is 9.97 Å². The minimum absolute atomic E-state index is 0.251. The molecule has 0 radical (unpaired) electrons. The van der Waals surface area contributed by atoms with Crippen LogP contribution in [0.4, 0.5) is 11.8 Å². The molecule has 1 aromatic rings. The van der Waals surface area contributed by atoms with Gasteiger partial charge >= 0.3 is 0 Å². The van der Waals surface area contributed by atoms with Crippen LogP contribution in [-0.4, -0.2) is 35.3 Å². The van der Waals surface area contributed by atoms with Gasteiger partial charge in [0.1, 0.15) is 5.82 Å². The van der Waals surface area contributed by atoms with Gasteiger partial charge in [-0.1, -0.05) is 0 Å². The van der Waals surface area contributed by atoms with Crippen molar-refractivity contribution in [1.29, 1.82) is 0 Å². The highest BCUT2D eigenvalue weighted by Crippen LogP contribution is 2.35. The lowest BCUT2D eigenvalue weighted by Crippen LogP contribution is -2.35. The van der Waals surface area contributed by atoms with Crippen molar-refractivity contribution in [3.63, 3.8) is 0 Å². The lowest BCUT2D eigenvalue weighted by Gasteiger charge is -2.32. The molecule has 6 nitrogen and oxygen atoms in total. The fourth-order valence-electron chi connectivity index (χ4n) is 2.06. The maximum Gasteiger partial charge on any atom is 0.222 e. The number of hydrogen-bond donors (Lipinski definition) is 3. The van der Waals surface area contributed by atoms with Gasteiger partial charge < -0.3 is 21.5 Å². The van der Waals surface area contributed by atoms with Crippen LogP contribution in [0.25, 0.3) is 0 Å². The first-order valence-electron chi connectivity index (χ1n) is 6.58. The molecule has 0 atom stereocenters. The van der Waals surface area contributed by atoms with Crippen molar-refractivity contribution in [2.75, 3.05) is 24.7 Å². The smallest absolute Gasteiger partial charge is 0.222 e. The Labute approximate surface area is 113 Å². The maximum absolute atomic E-state index is 5.81. The van der Waals surface area contributed by atoms with E-state index in [1.807, 2.05) is 19.9 Å². The summed E-state index contributed by atoms with van der Waals surface area (Å²) in [6.45, 7) is 4.68. The van der Waals surface area contributed by atoms with Gasteiger partial charge in [-0.25, -0.2) is 4.98 Å². The fourth-order valence-corrected chi connectivity index (χ4v) is 2.06. The van der Waals surface area contributed by atoms with Crippen molar-refractivity contribution in [3.05, 3.63) is 11.8 Å². The van der Waals surface area contributed by atoms with Crippen molar-refractivity contribution in [2.24, 2.45) is 5.73 Å². The molecule has 1 saturated carbocycles. The molecule has 1 aromatic heterocycles. The number of nitrogens with one attached hydrogen (secondary N) is 1.